The number of hydrogen-bond acceptors (Lipinski definition) is 6. The predicted molar refractivity (Wildman–Crippen MR) is 150 cm³/mol. The van der Waals surface area contributed by atoms with Crippen molar-refractivity contribution < 1.29 is 4.79 Å². The van der Waals surface area contributed by atoms with Crippen LogP contribution in [0.3, 0.4) is 0 Å². The first kappa shape index (κ1) is 26.7. The number of carbonyl (C=O) groups is 1. The van der Waals surface area contributed by atoms with Crippen LogP contribution >= 0.6 is 0 Å². The van der Waals surface area contributed by atoms with Crippen LogP contribution in [0.1, 0.15) is 76.7 Å². The lowest BCUT2D eigenvalue weighted by molar-refractivity contribution is -0.123. The molecule has 3 heterocycles. The minimum Gasteiger partial charge on any atom is -0.297 e. The number of aryl methyl sites for hydroxylation is 1. The van der Waals surface area contributed by atoms with Crippen LogP contribution in [0.15, 0.2) is 53.6 Å². The van der Waals surface area contributed by atoms with Crippen LogP contribution in [0.2, 0.25) is 0 Å². The number of Topliss-reactive ketones (excluding diaryl/α,β-unsaturated/α-hetero) is 1. The molecule has 1 saturated carbocycles. The fraction of sp³-hybridized carbons (Fsp3) is 0.467. The molecule has 0 spiro atoms. The molecule has 0 amide bonds. The van der Waals surface area contributed by atoms with Gasteiger partial charge in [-0.3, -0.25) is 18.9 Å². The number of unbranched alkanes of at least 4 members (excludes halogenated alkanes) is 1. The van der Waals surface area contributed by atoms with Crippen molar-refractivity contribution in [3.05, 3.63) is 70.7 Å². The van der Waals surface area contributed by atoms with Crippen molar-refractivity contribution in [3.63, 3.8) is 0 Å². The van der Waals surface area contributed by atoms with Crippen molar-refractivity contribution in [1.29, 1.82) is 0 Å². The van der Waals surface area contributed by atoms with Gasteiger partial charge in [-0.05, 0) is 59.6 Å². The quantitative estimate of drug-likeness (QED) is 0.298. The summed E-state index contributed by atoms with van der Waals surface area (Å²) >= 11 is 0. The fourth-order valence-electron chi connectivity index (χ4n) is 5.81. The van der Waals surface area contributed by atoms with E-state index in [1.165, 1.54) is 0 Å². The van der Waals surface area contributed by atoms with Gasteiger partial charge in [-0.25, -0.2) is 9.89 Å². The number of imidazole rings is 1. The fourth-order valence-corrected chi connectivity index (χ4v) is 5.81. The molecule has 0 bridgehead atoms. The van der Waals surface area contributed by atoms with E-state index in [1.807, 2.05) is 53.4 Å². The Bertz CT molecular complexity index is 1450. The van der Waals surface area contributed by atoms with Crippen LogP contribution in [-0.2, 0) is 17.8 Å². The first-order chi connectivity index (χ1) is 19.0. The third-order valence-corrected chi connectivity index (χ3v) is 7.96. The average Bonchev–Trinajstić information content (AvgIpc) is 3.53. The Hall–Kier alpha value is -3.88. The number of ketones is 1. The summed E-state index contributed by atoms with van der Waals surface area (Å²) in [5.74, 6) is 1.28. The van der Waals surface area contributed by atoms with Gasteiger partial charge in [0, 0.05) is 35.6 Å². The van der Waals surface area contributed by atoms with Gasteiger partial charge in [-0.1, -0.05) is 63.9 Å². The molecule has 3 aromatic heterocycles. The topological polar surface area (TPSA) is 111 Å². The zero-order valence-electron chi connectivity index (χ0n) is 23.0. The second kappa shape index (κ2) is 11.9. The van der Waals surface area contributed by atoms with E-state index in [2.05, 4.69) is 41.4 Å². The van der Waals surface area contributed by atoms with Crippen LogP contribution < -0.4 is 5.69 Å². The maximum Gasteiger partial charge on any atom is 0.329 e. The van der Waals surface area contributed by atoms with Gasteiger partial charge in [0.1, 0.15) is 0 Å². The molecule has 9 nitrogen and oxygen atoms in total. The molecule has 9 heteroatoms. The summed E-state index contributed by atoms with van der Waals surface area (Å²) in [6.07, 6.45) is 10.1. The number of nitrogens with zero attached hydrogens (tertiary/aromatic N) is 6. The molecule has 39 heavy (non-hydrogen) atoms. The number of pyridine rings is 1. The Morgan fingerprint density at radius 1 is 1.08 bits per heavy atom. The number of carbonyl (C=O) groups excluding carboxylic acids is 1. The highest BCUT2D eigenvalue weighted by molar-refractivity contribution is 5.83. The van der Waals surface area contributed by atoms with Gasteiger partial charge in [0.25, 0.3) is 0 Å². The third kappa shape index (κ3) is 5.62. The third-order valence-electron chi connectivity index (χ3n) is 7.96. The molecular weight excluding hydrogens is 490 g/mol. The smallest absolute Gasteiger partial charge is 0.297 e. The highest BCUT2D eigenvalue weighted by Gasteiger charge is 2.35. The number of aromatic nitrogens is 7. The number of aromatic amines is 1. The molecule has 1 aromatic carbocycles. The predicted octanol–water partition coefficient (Wildman–Crippen LogP) is 5.24. The monoisotopic (exact) mass is 527 g/mol. The number of rotatable bonds is 9. The molecule has 2 unspecified atom stereocenters. The van der Waals surface area contributed by atoms with Gasteiger partial charge in [-0.2, -0.15) is 0 Å². The van der Waals surface area contributed by atoms with Gasteiger partial charge < -0.3 is 0 Å². The van der Waals surface area contributed by atoms with E-state index in [4.69, 9.17) is 4.98 Å². The van der Waals surface area contributed by atoms with Crippen molar-refractivity contribution >= 4 is 5.78 Å². The van der Waals surface area contributed by atoms with Crippen LogP contribution in [0.5, 0.6) is 0 Å². The Kier molecular flexibility index (Phi) is 8.14. The molecule has 2 atom stereocenters. The number of nitrogens with one attached hydrogen (secondary N) is 1. The lowest BCUT2D eigenvalue weighted by Crippen LogP contribution is -2.36. The van der Waals surface area contributed by atoms with Crippen molar-refractivity contribution in [3.8, 4) is 22.5 Å². The Morgan fingerprint density at radius 3 is 2.59 bits per heavy atom. The molecule has 5 rings (SSSR count). The molecule has 0 radical (unpaired) electrons. The summed E-state index contributed by atoms with van der Waals surface area (Å²) in [7, 11) is 0. The molecule has 204 valence electrons. The van der Waals surface area contributed by atoms with E-state index >= 15 is 0 Å². The first-order valence-corrected chi connectivity index (χ1v) is 14.1. The van der Waals surface area contributed by atoms with Gasteiger partial charge in [-0.15, -0.1) is 5.10 Å². The van der Waals surface area contributed by atoms with Crippen LogP contribution in [-0.4, -0.2) is 40.5 Å². The highest BCUT2D eigenvalue weighted by atomic mass is 16.2. The molecular formula is C30H37N7O2. The average molecular weight is 528 g/mol. The number of hydrogen-bond donors (Lipinski definition) is 1. The molecule has 0 saturated heterocycles. The van der Waals surface area contributed by atoms with E-state index in [9.17, 15) is 9.59 Å². The van der Waals surface area contributed by atoms with Crippen molar-refractivity contribution in [2.45, 2.75) is 78.3 Å². The van der Waals surface area contributed by atoms with Crippen LogP contribution in [0.25, 0.3) is 22.5 Å². The van der Waals surface area contributed by atoms with Crippen LogP contribution in [0.4, 0.5) is 0 Å². The Balaban J connectivity index is 1.47. The summed E-state index contributed by atoms with van der Waals surface area (Å²) < 4.78 is 3.57. The SMILES string of the molecule is CCCCc1cn(C2C(=O)CCCCC2C(C)C)c(=O)n1Cc1ccc(-c2ccccc2-c2nnn[nH]2)cn1. The van der Waals surface area contributed by atoms with Gasteiger partial charge in [0.2, 0.25) is 0 Å². The van der Waals surface area contributed by atoms with E-state index in [-0.39, 0.29) is 23.4 Å². The van der Waals surface area contributed by atoms with Crippen LogP contribution in [0, 0.1) is 11.8 Å². The van der Waals surface area contributed by atoms with E-state index < -0.39 is 0 Å². The minimum atomic E-state index is -0.390. The van der Waals surface area contributed by atoms with E-state index in [0.717, 1.165) is 66.6 Å². The number of benzene rings is 1. The highest BCUT2D eigenvalue weighted by Crippen LogP contribution is 2.35. The minimum absolute atomic E-state index is 0.110. The lowest BCUT2D eigenvalue weighted by atomic mass is 9.84. The summed E-state index contributed by atoms with van der Waals surface area (Å²) in [5, 5.41) is 14.3. The standard InChI is InChI=1S/C30H37N7O2/c1-4-5-10-23-19-37(28-24(20(2)3)11-8-9-14-27(28)38)30(39)36(23)18-22-16-15-21(17-31-22)25-12-6-7-13-26(25)29-32-34-35-33-29/h6-7,12-13,15-17,19-20,24,28H,4-5,8-11,14,18H2,1-3H3,(H,32,33,34,35). The molecule has 1 N–H and O–H groups in total. The summed E-state index contributed by atoms with van der Waals surface area (Å²) in [5.41, 5.74) is 4.44. The van der Waals surface area contributed by atoms with Gasteiger partial charge in [0.05, 0.1) is 18.3 Å². The van der Waals surface area contributed by atoms with Crippen molar-refractivity contribution in [1.82, 2.24) is 34.7 Å². The number of tetrazole rings is 1. The van der Waals surface area contributed by atoms with Crippen molar-refractivity contribution in [2.75, 3.05) is 0 Å². The Morgan fingerprint density at radius 2 is 1.90 bits per heavy atom. The van der Waals surface area contributed by atoms with Gasteiger partial charge in [0.15, 0.2) is 11.6 Å². The summed E-state index contributed by atoms with van der Waals surface area (Å²) in [6, 6.07) is 11.5. The molecule has 1 fully saturated rings. The second-order valence-electron chi connectivity index (χ2n) is 10.9. The van der Waals surface area contributed by atoms with Gasteiger partial charge >= 0.3 is 5.69 Å². The normalized spacial score (nSPS) is 18.0. The number of H-pyrrole nitrogens is 1. The largest absolute Gasteiger partial charge is 0.329 e. The molecule has 0 aliphatic heterocycles. The first-order valence-electron chi connectivity index (χ1n) is 14.1. The Labute approximate surface area is 228 Å². The van der Waals surface area contributed by atoms with E-state index in [1.54, 1.807) is 4.57 Å². The summed E-state index contributed by atoms with van der Waals surface area (Å²) in [6.45, 7) is 6.85. The second-order valence-corrected chi connectivity index (χ2v) is 10.9. The van der Waals surface area contributed by atoms with Crippen molar-refractivity contribution in [2.24, 2.45) is 11.8 Å². The lowest BCUT2D eigenvalue weighted by Gasteiger charge is -2.27. The maximum absolute atomic E-state index is 13.9. The molecule has 1 aliphatic rings. The molecule has 1 aliphatic carbocycles. The molecule has 4 aromatic rings. The van der Waals surface area contributed by atoms with E-state index in [0.29, 0.717) is 24.7 Å². The maximum atomic E-state index is 13.9. The zero-order valence-corrected chi connectivity index (χ0v) is 23.0. The zero-order chi connectivity index (χ0) is 27.4. The summed E-state index contributed by atoms with van der Waals surface area (Å²) in [4.78, 5) is 31.9.